The van der Waals surface area contributed by atoms with Gasteiger partial charge in [0.1, 0.15) is 11.4 Å². The lowest BCUT2D eigenvalue weighted by atomic mass is 10.1. The van der Waals surface area contributed by atoms with Gasteiger partial charge >= 0.3 is 6.09 Å². The smallest absolute Gasteiger partial charge is 0.410 e. The predicted molar refractivity (Wildman–Crippen MR) is 96.7 cm³/mol. The molecule has 0 fully saturated rings. The zero-order valence-electron chi connectivity index (χ0n) is 15.2. The van der Waals surface area contributed by atoms with Crippen molar-refractivity contribution in [3.05, 3.63) is 57.8 Å². The number of hydrogen-bond donors (Lipinski definition) is 1. The Labute approximate surface area is 154 Å². The van der Waals surface area contributed by atoms with Gasteiger partial charge in [-0.3, -0.25) is 14.8 Å². The monoisotopic (exact) mass is 370 g/mol. The summed E-state index contributed by atoms with van der Waals surface area (Å²) in [6, 6.07) is 7.70. The van der Waals surface area contributed by atoms with Crippen LogP contribution in [0.5, 0.6) is 0 Å². The molecule has 0 aliphatic carbocycles. The maximum Gasteiger partial charge on any atom is 0.410 e. The Morgan fingerprint density at radius 2 is 1.93 bits per heavy atom. The first-order valence-corrected chi connectivity index (χ1v) is 8.59. The van der Waals surface area contributed by atoms with Gasteiger partial charge in [-0.1, -0.05) is 0 Å². The largest absolute Gasteiger partial charge is 0.444 e. The molecule has 7 nitrogen and oxygen atoms in total. The van der Waals surface area contributed by atoms with Crippen LogP contribution in [0.4, 0.5) is 9.18 Å². The second-order valence-electron chi connectivity index (χ2n) is 7.55. The van der Waals surface area contributed by atoms with Gasteiger partial charge in [-0.05, 0) is 50.6 Å². The summed E-state index contributed by atoms with van der Waals surface area (Å²) in [5.41, 5.74) is 2.02. The summed E-state index contributed by atoms with van der Waals surface area (Å²) >= 11 is 0. The summed E-state index contributed by atoms with van der Waals surface area (Å²) in [6.45, 7) is 5.77. The van der Waals surface area contributed by atoms with E-state index >= 15 is 0 Å². The van der Waals surface area contributed by atoms with Gasteiger partial charge < -0.3 is 4.74 Å². The first-order valence-electron chi connectivity index (χ1n) is 8.59. The highest BCUT2D eigenvalue weighted by molar-refractivity contribution is 5.69. The van der Waals surface area contributed by atoms with Crippen molar-refractivity contribution in [1.82, 2.24) is 19.5 Å². The summed E-state index contributed by atoms with van der Waals surface area (Å²) in [7, 11) is 0. The van der Waals surface area contributed by atoms with Gasteiger partial charge in [-0.2, -0.15) is 0 Å². The molecule has 3 heterocycles. The molecule has 0 spiro atoms. The van der Waals surface area contributed by atoms with Crippen LogP contribution in [0.2, 0.25) is 0 Å². The zero-order chi connectivity index (χ0) is 19.3. The number of carbonyl (C=O) groups is 1. The van der Waals surface area contributed by atoms with Gasteiger partial charge in [0, 0.05) is 6.07 Å². The normalized spacial score (nSPS) is 13.9. The molecule has 0 saturated carbocycles. The molecule has 0 saturated heterocycles. The third kappa shape index (κ3) is 3.18. The maximum absolute atomic E-state index is 13.1. The minimum absolute atomic E-state index is 0.157. The molecule has 4 rings (SSSR count). The van der Waals surface area contributed by atoms with E-state index in [0.717, 1.165) is 5.56 Å². The Hall–Kier alpha value is -3.16. The standard InChI is InChI=1S/C19H19FN4O3/c1-19(2,3)27-18(26)23-9-13-15(10-23)21-16-8-14(22-24(16)17(13)25)11-4-6-12(20)7-5-11/h4-8,22H,9-10H2,1-3H3. The van der Waals surface area contributed by atoms with E-state index in [1.165, 1.54) is 21.5 Å². The van der Waals surface area contributed by atoms with Gasteiger partial charge in [0.05, 0.1) is 30.0 Å². The number of hydrogen-bond acceptors (Lipinski definition) is 4. The Bertz CT molecular complexity index is 1090. The summed E-state index contributed by atoms with van der Waals surface area (Å²) in [5.74, 6) is -0.327. The van der Waals surface area contributed by atoms with Crippen molar-refractivity contribution < 1.29 is 13.9 Å². The van der Waals surface area contributed by atoms with Crippen LogP contribution in [-0.4, -0.2) is 31.2 Å². The number of nitrogens with zero attached hydrogens (tertiary/aromatic N) is 3. The van der Waals surface area contributed by atoms with Crippen LogP contribution in [0.15, 0.2) is 35.1 Å². The molecule has 0 radical (unpaired) electrons. The lowest BCUT2D eigenvalue weighted by molar-refractivity contribution is 0.0240. The number of rotatable bonds is 1. The summed E-state index contributed by atoms with van der Waals surface area (Å²) < 4.78 is 19.8. The second-order valence-corrected chi connectivity index (χ2v) is 7.55. The van der Waals surface area contributed by atoms with Crippen LogP contribution in [-0.2, 0) is 17.8 Å². The van der Waals surface area contributed by atoms with Gasteiger partial charge in [-0.25, -0.2) is 18.7 Å². The number of amides is 1. The van der Waals surface area contributed by atoms with Crippen molar-refractivity contribution in [2.75, 3.05) is 0 Å². The maximum atomic E-state index is 13.1. The van der Waals surface area contributed by atoms with Crippen molar-refractivity contribution in [3.63, 3.8) is 0 Å². The van der Waals surface area contributed by atoms with E-state index in [0.29, 0.717) is 22.6 Å². The molecule has 0 bridgehead atoms. The molecule has 0 unspecified atom stereocenters. The average Bonchev–Trinajstić information content (AvgIpc) is 3.19. The molecule has 8 heteroatoms. The zero-order valence-corrected chi connectivity index (χ0v) is 15.2. The highest BCUT2D eigenvalue weighted by Gasteiger charge is 2.31. The third-order valence-corrected chi connectivity index (χ3v) is 4.29. The first-order chi connectivity index (χ1) is 12.7. The van der Waals surface area contributed by atoms with E-state index in [2.05, 4.69) is 10.1 Å². The van der Waals surface area contributed by atoms with E-state index < -0.39 is 11.7 Å². The lowest BCUT2D eigenvalue weighted by Crippen LogP contribution is -2.33. The third-order valence-electron chi connectivity index (χ3n) is 4.29. The van der Waals surface area contributed by atoms with Crippen molar-refractivity contribution in [2.45, 2.75) is 39.5 Å². The van der Waals surface area contributed by atoms with Crippen LogP contribution in [0.25, 0.3) is 16.9 Å². The van der Waals surface area contributed by atoms with Gasteiger partial charge in [0.15, 0.2) is 5.65 Å². The quantitative estimate of drug-likeness (QED) is 0.714. The molecular formula is C19H19FN4O3. The van der Waals surface area contributed by atoms with E-state index in [1.807, 2.05) is 0 Å². The number of aromatic nitrogens is 3. The molecule has 1 aliphatic rings. The Kier molecular flexibility index (Phi) is 3.80. The lowest BCUT2D eigenvalue weighted by Gasteiger charge is -2.23. The highest BCUT2D eigenvalue weighted by Crippen LogP contribution is 2.23. The Balaban J connectivity index is 1.67. The molecule has 27 heavy (non-hydrogen) atoms. The number of carbonyl (C=O) groups excluding carboxylic acids is 1. The molecule has 1 aromatic carbocycles. The highest BCUT2D eigenvalue weighted by atomic mass is 19.1. The summed E-state index contributed by atoms with van der Waals surface area (Å²) in [4.78, 5) is 31.1. The van der Waals surface area contributed by atoms with Crippen molar-refractivity contribution >= 4 is 11.7 Å². The van der Waals surface area contributed by atoms with E-state index in [9.17, 15) is 14.0 Å². The molecular weight excluding hydrogens is 351 g/mol. The van der Waals surface area contributed by atoms with Gasteiger partial charge in [-0.15, -0.1) is 0 Å². The van der Waals surface area contributed by atoms with Crippen molar-refractivity contribution in [2.24, 2.45) is 0 Å². The minimum Gasteiger partial charge on any atom is -0.444 e. The van der Waals surface area contributed by atoms with E-state index in [1.54, 1.807) is 39.0 Å². The first kappa shape index (κ1) is 17.3. The Morgan fingerprint density at radius 1 is 1.22 bits per heavy atom. The van der Waals surface area contributed by atoms with Gasteiger partial charge in [0.2, 0.25) is 0 Å². The fraction of sp³-hybridized carbons (Fsp3) is 0.316. The number of H-pyrrole nitrogens is 1. The number of halogens is 1. The minimum atomic E-state index is -0.607. The predicted octanol–water partition coefficient (Wildman–Crippen LogP) is 3.08. The summed E-state index contributed by atoms with van der Waals surface area (Å²) in [6.07, 6.45) is -0.472. The molecule has 1 aliphatic heterocycles. The van der Waals surface area contributed by atoms with Crippen LogP contribution in [0.3, 0.4) is 0 Å². The number of fused-ring (bicyclic) bond motifs is 2. The molecule has 3 aromatic rings. The molecule has 140 valence electrons. The van der Waals surface area contributed by atoms with Crippen molar-refractivity contribution in [1.29, 1.82) is 0 Å². The van der Waals surface area contributed by atoms with Crippen LogP contribution in [0.1, 0.15) is 32.0 Å². The molecule has 0 atom stereocenters. The Morgan fingerprint density at radius 3 is 2.59 bits per heavy atom. The van der Waals surface area contributed by atoms with Gasteiger partial charge in [0.25, 0.3) is 5.56 Å². The van der Waals surface area contributed by atoms with Crippen molar-refractivity contribution in [3.8, 4) is 11.3 Å². The number of nitrogens with one attached hydrogen (secondary N) is 1. The SMILES string of the molecule is CC(C)(C)OC(=O)N1Cc2nc3cc(-c4ccc(F)cc4)[nH]n3c(=O)c2C1. The number of aromatic amines is 1. The number of benzene rings is 1. The second kappa shape index (κ2) is 5.94. The topological polar surface area (TPSA) is 79.7 Å². The van der Waals surface area contributed by atoms with Crippen LogP contribution < -0.4 is 5.56 Å². The van der Waals surface area contributed by atoms with Crippen LogP contribution >= 0.6 is 0 Å². The van der Waals surface area contributed by atoms with E-state index in [4.69, 9.17) is 4.74 Å². The fourth-order valence-electron chi connectivity index (χ4n) is 3.06. The van der Waals surface area contributed by atoms with E-state index in [-0.39, 0.29) is 24.5 Å². The summed E-state index contributed by atoms with van der Waals surface area (Å²) in [5, 5.41) is 3.00. The van der Waals surface area contributed by atoms with Crippen LogP contribution in [0, 0.1) is 5.82 Å². The molecule has 2 aromatic heterocycles. The molecule has 1 amide bonds. The average molecular weight is 370 g/mol. The molecule has 1 N–H and O–H groups in total. The fourth-order valence-corrected chi connectivity index (χ4v) is 3.06. The number of ether oxygens (including phenoxy) is 1.